The van der Waals surface area contributed by atoms with Crippen LogP contribution in [0.3, 0.4) is 0 Å². The third kappa shape index (κ3) is 3.70. The summed E-state index contributed by atoms with van der Waals surface area (Å²) in [5.74, 6) is 0. The fourth-order valence-electron chi connectivity index (χ4n) is 7.13. The Labute approximate surface area is 264 Å². The summed E-state index contributed by atoms with van der Waals surface area (Å²) in [6.45, 7) is 0.832. The van der Waals surface area contributed by atoms with E-state index in [-0.39, 0.29) is 0 Å². The second-order valence-corrected chi connectivity index (χ2v) is 11.9. The number of imidazole rings is 2. The lowest BCUT2D eigenvalue weighted by molar-refractivity contribution is -0.683. The van der Waals surface area contributed by atoms with Crippen LogP contribution in [0.1, 0.15) is 5.69 Å². The molecule has 216 valence electrons. The van der Waals surface area contributed by atoms with E-state index in [9.17, 15) is 0 Å². The molecule has 7 heterocycles. The Morgan fingerprint density at radius 2 is 1.22 bits per heavy atom. The second-order valence-electron chi connectivity index (χ2n) is 11.9. The summed E-state index contributed by atoms with van der Waals surface area (Å²) in [4.78, 5) is 15.2. The zero-order chi connectivity index (χ0) is 30.2. The third-order valence-corrected chi connectivity index (χ3v) is 9.28. The van der Waals surface area contributed by atoms with E-state index < -0.39 is 0 Å². The molecule has 1 aliphatic heterocycles. The molecule has 0 fully saturated rings. The minimum atomic E-state index is 0.832. The van der Waals surface area contributed by atoms with E-state index in [0.717, 1.165) is 74.1 Å². The molecular weight excluding hydrogens is 564 g/mol. The number of hydrogen-bond donors (Lipinski definition) is 0. The van der Waals surface area contributed by atoms with Gasteiger partial charge < -0.3 is 0 Å². The Bertz CT molecular complexity index is 2710. The van der Waals surface area contributed by atoms with E-state index in [1.54, 1.807) is 0 Å². The van der Waals surface area contributed by atoms with Crippen molar-refractivity contribution in [2.75, 3.05) is 0 Å². The van der Waals surface area contributed by atoms with Crippen LogP contribution < -0.4 is 4.57 Å². The van der Waals surface area contributed by atoms with Crippen molar-refractivity contribution < 1.29 is 4.57 Å². The second kappa shape index (κ2) is 9.68. The average molecular weight is 592 g/mol. The van der Waals surface area contributed by atoms with Crippen LogP contribution in [0.5, 0.6) is 0 Å². The van der Waals surface area contributed by atoms with Crippen molar-refractivity contribution >= 4 is 44.3 Å². The van der Waals surface area contributed by atoms with E-state index in [1.807, 2.05) is 30.5 Å². The molecule has 46 heavy (non-hydrogen) atoms. The number of benzene rings is 3. The van der Waals surface area contributed by atoms with Crippen LogP contribution in [0.15, 0.2) is 140 Å². The van der Waals surface area contributed by atoms with Crippen LogP contribution in [0.4, 0.5) is 0 Å². The lowest BCUT2D eigenvalue weighted by Gasteiger charge is -2.13. The van der Waals surface area contributed by atoms with Crippen molar-refractivity contribution in [1.29, 1.82) is 0 Å². The van der Waals surface area contributed by atoms with Crippen molar-refractivity contribution in [3.05, 3.63) is 146 Å². The molecule has 0 N–H and O–H groups in total. The van der Waals surface area contributed by atoms with Gasteiger partial charge in [0.2, 0.25) is 11.4 Å². The molecule has 0 amide bonds. The van der Waals surface area contributed by atoms with Gasteiger partial charge in [-0.15, -0.1) is 0 Å². The number of pyridine rings is 4. The Kier molecular flexibility index (Phi) is 5.31. The molecule has 1 aliphatic rings. The Balaban J connectivity index is 1.14. The van der Waals surface area contributed by atoms with E-state index in [1.165, 1.54) is 22.5 Å². The van der Waals surface area contributed by atoms with Crippen LogP contribution >= 0.6 is 0 Å². The average Bonchev–Trinajstić information content (AvgIpc) is 3.70. The summed E-state index contributed by atoms with van der Waals surface area (Å²) in [5.41, 5.74) is 13.9. The largest absolute Gasteiger partial charge is 0.299 e. The molecule has 0 aliphatic carbocycles. The van der Waals surface area contributed by atoms with Crippen molar-refractivity contribution in [1.82, 2.24) is 23.8 Å². The molecule has 6 heteroatoms. The van der Waals surface area contributed by atoms with Crippen molar-refractivity contribution in [3.8, 4) is 33.6 Å². The van der Waals surface area contributed by atoms with Crippen LogP contribution in [0.2, 0.25) is 0 Å². The van der Waals surface area contributed by atoms with E-state index in [2.05, 4.69) is 123 Å². The zero-order valence-electron chi connectivity index (χ0n) is 24.9. The fourth-order valence-corrected chi connectivity index (χ4v) is 7.13. The maximum Gasteiger partial charge on any atom is 0.215 e. The predicted molar refractivity (Wildman–Crippen MR) is 184 cm³/mol. The van der Waals surface area contributed by atoms with Gasteiger partial charge in [-0.25, -0.2) is 15.0 Å². The highest BCUT2D eigenvalue weighted by Gasteiger charge is 2.26. The molecule has 6 aromatic heterocycles. The Morgan fingerprint density at radius 3 is 2.07 bits per heavy atom. The van der Waals surface area contributed by atoms with Crippen molar-refractivity contribution in [2.45, 2.75) is 13.0 Å². The Hall–Kier alpha value is -6.14. The summed E-state index contributed by atoms with van der Waals surface area (Å²) in [6, 6.07) is 40.7. The standard InChI is InChI=1S/C40H27N6/c1-2-16-31-30(15-1)37(43-40-38(31)41-36-19-5-8-22-46(36)40)29-14-10-12-27(24-29)26-11-9-13-28(23-26)33-25-34-39(32-17-3-6-20-44(32)33)42-35-18-4-7-21-45(34)35/h1-16,18-19,21-25H,17,20H2/q+1. The molecule has 0 unspecified atom stereocenters. The summed E-state index contributed by atoms with van der Waals surface area (Å²) >= 11 is 0. The zero-order valence-corrected chi connectivity index (χ0v) is 24.9. The molecular formula is C40H27N6+. The van der Waals surface area contributed by atoms with Crippen molar-refractivity contribution in [2.24, 2.45) is 0 Å². The monoisotopic (exact) mass is 591 g/mol. The van der Waals surface area contributed by atoms with Gasteiger partial charge >= 0.3 is 0 Å². The maximum atomic E-state index is 5.24. The summed E-state index contributed by atoms with van der Waals surface area (Å²) in [6.07, 6.45) is 9.52. The summed E-state index contributed by atoms with van der Waals surface area (Å²) in [7, 11) is 0. The van der Waals surface area contributed by atoms with Gasteiger partial charge in [0.1, 0.15) is 16.8 Å². The van der Waals surface area contributed by atoms with Gasteiger partial charge in [0.25, 0.3) is 0 Å². The van der Waals surface area contributed by atoms with E-state index in [0.29, 0.717) is 0 Å². The molecule has 9 aromatic rings. The van der Waals surface area contributed by atoms with Crippen LogP contribution in [0.25, 0.3) is 77.9 Å². The number of fused-ring (bicyclic) bond motifs is 10. The first-order valence-corrected chi connectivity index (χ1v) is 15.6. The maximum absolute atomic E-state index is 5.24. The first-order valence-electron chi connectivity index (χ1n) is 15.6. The highest BCUT2D eigenvalue weighted by molar-refractivity contribution is 6.09. The number of aromatic nitrogens is 6. The van der Waals surface area contributed by atoms with Crippen LogP contribution in [-0.2, 0) is 13.0 Å². The van der Waals surface area contributed by atoms with E-state index in [4.69, 9.17) is 15.0 Å². The molecule has 0 spiro atoms. The number of rotatable bonds is 3. The summed E-state index contributed by atoms with van der Waals surface area (Å²) in [5, 5.41) is 2.21. The number of allylic oxidation sites excluding steroid dienone is 2. The Morgan fingerprint density at radius 1 is 0.543 bits per heavy atom. The first kappa shape index (κ1) is 25.2. The van der Waals surface area contributed by atoms with Gasteiger partial charge in [-0.1, -0.05) is 72.8 Å². The number of nitrogens with zero attached hydrogens (tertiary/aromatic N) is 6. The molecule has 3 aromatic carbocycles. The normalized spacial score (nSPS) is 13.0. The van der Waals surface area contributed by atoms with Gasteiger partial charge in [0.05, 0.1) is 17.6 Å². The van der Waals surface area contributed by atoms with Crippen LogP contribution in [0, 0.1) is 0 Å². The highest BCUT2D eigenvalue weighted by Crippen LogP contribution is 2.35. The molecule has 0 bridgehead atoms. The van der Waals surface area contributed by atoms with E-state index >= 15 is 0 Å². The van der Waals surface area contributed by atoms with Gasteiger partial charge in [-0.2, -0.15) is 4.57 Å². The molecule has 0 saturated heterocycles. The smallest absolute Gasteiger partial charge is 0.215 e. The lowest BCUT2D eigenvalue weighted by atomic mass is 9.96. The predicted octanol–water partition coefficient (Wildman–Crippen LogP) is 8.24. The quantitative estimate of drug-likeness (QED) is 0.154. The van der Waals surface area contributed by atoms with Gasteiger partial charge in [-0.3, -0.25) is 8.80 Å². The van der Waals surface area contributed by atoms with Gasteiger partial charge in [0.15, 0.2) is 17.7 Å². The minimum Gasteiger partial charge on any atom is -0.299 e. The third-order valence-electron chi connectivity index (χ3n) is 9.28. The molecule has 0 radical (unpaired) electrons. The van der Waals surface area contributed by atoms with Gasteiger partial charge in [-0.05, 0) is 59.7 Å². The highest BCUT2D eigenvalue weighted by atomic mass is 15.1. The van der Waals surface area contributed by atoms with Crippen LogP contribution in [-0.4, -0.2) is 23.8 Å². The van der Waals surface area contributed by atoms with Crippen molar-refractivity contribution in [3.63, 3.8) is 0 Å². The molecule has 6 nitrogen and oxygen atoms in total. The molecule has 0 atom stereocenters. The minimum absolute atomic E-state index is 0.832. The lowest BCUT2D eigenvalue weighted by Crippen LogP contribution is -2.42. The molecule has 0 saturated carbocycles. The first-order chi connectivity index (χ1) is 22.8. The fraction of sp³-hybridized carbons (Fsp3) is 0.0500. The topological polar surface area (TPSA) is 51.4 Å². The summed E-state index contributed by atoms with van der Waals surface area (Å²) < 4.78 is 6.70. The SMILES string of the molecule is C1=CC[n+]2c(-c3cccc(-c4cccc(-c5nc6c(nc7ccccn76)c6ccccc56)c4)c3)cc3c(nc4ccccn43)c2C1. The van der Waals surface area contributed by atoms with Gasteiger partial charge in [0, 0.05) is 40.4 Å². The number of hydrogen-bond acceptors (Lipinski definition) is 3. The molecule has 10 rings (SSSR count).